The lowest BCUT2D eigenvalue weighted by Crippen LogP contribution is -2.48. The molecule has 42 heavy (non-hydrogen) atoms. The van der Waals surface area contributed by atoms with E-state index in [2.05, 4.69) is 10.2 Å². The first-order valence-electron chi connectivity index (χ1n) is 14.4. The zero-order valence-corrected chi connectivity index (χ0v) is 25.2. The average molecular weight is 590 g/mol. The summed E-state index contributed by atoms with van der Waals surface area (Å²) in [6.45, 7) is 8.18. The van der Waals surface area contributed by atoms with E-state index in [0.29, 0.717) is 37.1 Å². The molecule has 3 rings (SSSR count). The molecule has 0 aliphatic carbocycles. The van der Waals surface area contributed by atoms with Gasteiger partial charge in [-0.25, -0.2) is 9.18 Å². The van der Waals surface area contributed by atoms with Crippen LogP contribution in [-0.2, 0) is 23.8 Å². The standard InChI is InChI=1S/C31H44FN3O7/c1-20-6-8-26(36)18-29(38)42-30(21(2)7-9-27(20)41-31(39)35-12-10-34(4)11-13-35)22(3)14-23-15-24(32)17-25(16-23)33-28(37)19-40-5/h7,9,14-17,20-21,26-27,30,36H,6,8,10-13,18-19H2,1-5H3,(H,33,37)/b9-7+,22-14+/t20-,21-,26+,27-,30-/m0/s1. The Hall–Kier alpha value is -3.28. The molecule has 0 aromatic heterocycles. The fourth-order valence-corrected chi connectivity index (χ4v) is 5.07. The van der Waals surface area contributed by atoms with Crippen molar-refractivity contribution in [3.05, 3.63) is 47.3 Å². The molecule has 2 amide bonds. The van der Waals surface area contributed by atoms with Crippen LogP contribution >= 0.6 is 0 Å². The van der Waals surface area contributed by atoms with E-state index in [0.717, 1.165) is 13.1 Å². The van der Waals surface area contributed by atoms with E-state index < -0.39 is 36.0 Å². The molecule has 232 valence electrons. The smallest absolute Gasteiger partial charge is 0.410 e. The number of benzene rings is 1. The van der Waals surface area contributed by atoms with Gasteiger partial charge < -0.3 is 34.4 Å². The van der Waals surface area contributed by atoms with Gasteiger partial charge in [-0.15, -0.1) is 0 Å². The number of cyclic esters (lactones) is 1. The van der Waals surface area contributed by atoms with E-state index in [1.54, 1.807) is 24.0 Å². The first-order chi connectivity index (χ1) is 19.9. The van der Waals surface area contributed by atoms with Gasteiger partial charge >= 0.3 is 12.1 Å². The summed E-state index contributed by atoms with van der Waals surface area (Å²) in [6, 6.07) is 4.12. The molecule has 0 spiro atoms. The topological polar surface area (TPSA) is 118 Å². The Bertz CT molecular complexity index is 1150. The summed E-state index contributed by atoms with van der Waals surface area (Å²) in [5.74, 6) is -1.94. The SMILES string of the molecule is COCC(=O)Nc1cc(F)cc(/C=C(\C)[C@H]2OC(=O)C[C@H](O)CC[C@H](C)[C@@H](OC(=O)N3CCN(C)CC3)/C=C/[C@@H]2C)c1. The number of ether oxygens (including phenoxy) is 3. The van der Waals surface area contributed by atoms with Gasteiger partial charge in [0, 0.05) is 44.9 Å². The van der Waals surface area contributed by atoms with E-state index in [1.165, 1.54) is 19.2 Å². The van der Waals surface area contributed by atoms with Gasteiger partial charge in [0.2, 0.25) is 5.91 Å². The fourth-order valence-electron chi connectivity index (χ4n) is 5.07. The van der Waals surface area contributed by atoms with Crippen LogP contribution in [0, 0.1) is 17.7 Å². The molecule has 0 bridgehead atoms. The van der Waals surface area contributed by atoms with Gasteiger partial charge in [0.25, 0.3) is 0 Å². The van der Waals surface area contributed by atoms with Crippen LogP contribution in [0.4, 0.5) is 14.9 Å². The summed E-state index contributed by atoms with van der Waals surface area (Å²) in [5.41, 5.74) is 1.36. The second-order valence-electron chi connectivity index (χ2n) is 11.3. The molecular formula is C31H44FN3O7. The van der Waals surface area contributed by atoms with Crippen molar-refractivity contribution < 1.29 is 38.1 Å². The summed E-state index contributed by atoms with van der Waals surface area (Å²) < 4.78 is 31.0. The number of nitrogens with one attached hydrogen (secondary N) is 1. The number of amides is 2. The Morgan fingerprint density at radius 1 is 1.14 bits per heavy atom. The fraction of sp³-hybridized carbons (Fsp3) is 0.581. The second-order valence-corrected chi connectivity index (χ2v) is 11.3. The highest BCUT2D eigenvalue weighted by atomic mass is 19.1. The van der Waals surface area contributed by atoms with Crippen molar-refractivity contribution in [3.63, 3.8) is 0 Å². The number of nitrogens with zero attached hydrogens (tertiary/aromatic N) is 2. The summed E-state index contributed by atoms with van der Waals surface area (Å²) in [5, 5.41) is 13.1. The molecule has 5 atom stereocenters. The normalized spacial score (nSPS) is 27.3. The molecule has 0 radical (unpaired) electrons. The predicted octanol–water partition coefficient (Wildman–Crippen LogP) is 3.85. The number of aliphatic hydroxyl groups excluding tert-OH is 1. The number of rotatable bonds is 6. The number of hydrogen-bond acceptors (Lipinski definition) is 8. The van der Waals surface area contributed by atoms with Crippen LogP contribution in [0.1, 0.15) is 45.6 Å². The number of anilines is 1. The zero-order valence-electron chi connectivity index (χ0n) is 25.2. The molecular weight excluding hydrogens is 545 g/mol. The number of likely N-dealkylation sites (N-methyl/N-ethyl adjacent to an activating group) is 1. The summed E-state index contributed by atoms with van der Waals surface area (Å²) in [7, 11) is 3.41. The van der Waals surface area contributed by atoms with Gasteiger partial charge in [-0.1, -0.05) is 26.0 Å². The van der Waals surface area contributed by atoms with Crippen LogP contribution < -0.4 is 5.32 Å². The molecule has 1 saturated heterocycles. The Morgan fingerprint density at radius 2 is 1.86 bits per heavy atom. The lowest BCUT2D eigenvalue weighted by atomic mass is 9.91. The van der Waals surface area contributed by atoms with Crippen LogP contribution in [0.3, 0.4) is 0 Å². The Balaban J connectivity index is 1.85. The van der Waals surface area contributed by atoms with Crippen molar-refractivity contribution in [2.75, 3.05) is 52.3 Å². The lowest BCUT2D eigenvalue weighted by molar-refractivity contribution is -0.151. The summed E-state index contributed by atoms with van der Waals surface area (Å²) >= 11 is 0. The average Bonchev–Trinajstić information content (AvgIpc) is 2.91. The van der Waals surface area contributed by atoms with E-state index in [9.17, 15) is 23.9 Å². The van der Waals surface area contributed by atoms with Crippen molar-refractivity contribution in [2.45, 2.75) is 58.3 Å². The Kier molecular flexibility index (Phi) is 12.5. The number of carbonyl (C=O) groups excluding carboxylic acids is 3. The third-order valence-corrected chi connectivity index (χ3v) is 7.58. The van der Waals surface area contributed by atoms with Gasteiger partial charge in [-0.05, 0) is 68.1 Å². The maximum absolute atomic E-state index is 14.4. The van der Waals surface area contributed by atoms with Gasteiger partial charge in [-0.3, -0.25) is 9.59 Å². The molecule has 0 saturated carbocycles. The van der Waals surface area contributed by atoms with Crippen molar-refractivity contribution in [1.82, 2.24) is 9.80 Å². The number of piperazine rings is 1. The maximum atomic E-state index is 14.4. The van der Waals surface area contributed by atoms with Crippen LogP contribution in [-0.4, -0.2) is 98.1 Å². The highest BCUT2D eigenvalue weighted by Crippen LogP contribution is 2.26. The number of aliphatic hydroxyl groups is 1. The van der Waals surface area contributed by atoms with Crippen molar-refractivity contribution in [2.24, 2.45) is 11.8 Å². The minimum Gasteiger partial charge on any atom is -0.457 e. The highest BCUT2D eigenvalue weighted by Gasteiger charge is 2.29. The molecule has 1 aromatic carbocycles. The van der Waals surface area contributed by atoms with Gasteiger partial charge in [-0.2, -0.15) is 0 Å². The van der Waals surface area contributed by atoms with Crippen molar-refractivity contribution in [3.8, 4) is 0 Å². The third kappa shape index (κ3) is 10.2. The monoisotopic (exact) mass is 589 g/mol. The van der Waals surface area contributed by atoms with Crippen molar-refractivity contribution in [1.29, 1.82) is 0 Å². The first-order valence-corrected chi connectivity index (χ1v) is 14.4. The van der Waals surface area contributed by atoms with Gasteiger partial charge in [0.15, 0.2) is 0 Å². The molecule has 2 N–H and O–H groups in total. The molecule has 2 heterocycles. The van der Waals surface area contributed by atoms with Crippen LogP contribution in [0.15, 0.2) is 35.9 Å². The van der Waals surface area contributed by atoms with E-state index in [1.807, 2.05) is 33.0 Å². The predicted molar refractivity (Wildman–Crippen MR) is 157 cm³/mol. The number of methoxy groups -OCH3 is 1. The number of esters is 1. The largest absolute Gasteiger partial charge is 0.457 e. The number of hydrogen-bond donors (Lipinski definition) is 2. The maximum Gasteiger partial charge on any atom is 0.410 e. The zero-order chi connectivity index (χ0) is 30.8. The highest BCUT2D eigenvalue weighted by molar-refractivity contribution is 5.92. The van der Waals surface area contributed by atoms with E-state index in [4.69, 9.17) is 14.2 Å². The molecule has 1 fully saturated rings. The third-order valence-electron chi connectivity index (χ3n) is 7.58. The molecule has 0 unspecified atom stereocenters. The minimum atomic E-state index is -0.904. The number of carbonyl (C=O) groups is 3. The summed E-state index contributed by atoms with van der Waals surface area (Å²) in [6.07, 6.45) is 3.57. The second kappa shape index (κ2) is 15.8. The van der Waals surface area contributed by atoms with Gasteiger partial charge in [0.05, 0.1) is 12.5 Å². The first kappa shape index (κ1) is 33.2. The summed E-state index contributed by atoms with van der Waals surface area (Å²) in [4.78, 5) is 41.5. The van der Waals surface area contributed by atoms with Crippen LogP contribution in [0.25, 0.3) is 6.08 Å². The quantitative estimate of drug-likeness (QED) is 0.380. The van der Waals surface area contributed by atoms with Crippen LogP contribution in [0.5, 0.6) is 0 Å². The van der Waals surface area contributed by atoms with E-state index >= 15 is 0 Å². The molecule has 10 nitrogen and oxygen atoms in total. The molecule has 11 heteroatoms. The lowest BCUT2D eigenvalue weighted by Gasteiger charge is -2.33. The molecule has 2 aliphatic heterocycles. The molecule has 2 aliphatic rings. The van der Waals surface area contributed by atoms with Gasteiger partial charge in [0.1, 0.15) is 24.6 Å². The Labute approximate surface area is 247 Å². The van der Waals surface area contributed by atoms with Crippen LogP contribution in [0.2, 0.25) is 0 Å². The Morgan fingerprint density at radius 3 is 2.55 bits per heavy atom. The van der Waals surface area contributed by atoms with Crippen molar-refractivity contribution >= 4 is 29.7 Å². The van der Waals surface area contributed by atoms with E-state index in [-0.39, 0.29) is 36.6 Å². The minimum absolute atomic E-state index is 0.0934. The molecule has 1 aromatic rings. The number of halogens is 1.